The van der Waals surface area contributed by atoms with Crippen LogP contribution in [0.15, 0.2) is 18.2 Å². The molecule has 41 heavy (non-hydrogen) atoms. The van der Waals surface area contributed by atoms with Gasteiger partial charge in [0.05, 0.1) is 11.5 Å². The highest BCUT2D eigenvalue weighted by atomic mass is 32.2. The smallest absolute Gasteiger partial charge is 0.534 e. The number of likely N-dealkylation sites (N-methyl/N-ethyl adjacent to an activating group) is 1. The van der Waals surface area contributed by atoms with E-state index in [1.54, 1.807) is 13.0 Å². The number of nitrogens with one attached hydrogen (secondary N) is 2. The lowest BCUT2D eigenvalue weighted by Gasteiger charge is -2.37. The molecule has 1 unspecified atom stereocenters. The van der Waals surface area contributed by atoms with Gasteiger partial charge in [-0.05, 0) is 43.7 Å². The summed E-state index contributed by atoms with van der Waals surface area (Å²) in [5.41, 5.74) is 0.279. The maximum absolute atomic E-state index is 13.6. The van der Waals surface area contributed by atoms with Gasteiger partial charge in [0.15, 0.2) is 0 Å². The van der Waals surface area contributed by atoms with E-state index in [9.17, 15) is 42.5 Å². The van der Waals surface area contributed by atoms with Crippen molar-refractivity contribution in [3.63, 3.8) is 0 Å². The summed E-state index contributed by atoms with van der Waals surface area (Å²) in [5, 5.41) is 30.4. The van der Waals surface area contributed by atoms with Gasteiger partial charge in [-0.1, -0.05) is 12.1 Å². The molecule has 1 aromatic carbocycles. The summed E-state index contributed by atoms with van der Waals surface area (Å²) in [6.45, 7) is 1.99. The Hall–Kier alpha value is -3.74. The summed E-state index contributed by atoms with van der Waals surface area (Å²) in [5.74, 6) is -5.53. The fourth-order valence-electron chi connectivity index (χ4n) is 5.23. The van der Waals surface area contributed by atoms with Gasteiger partial charge in [-0.2, -0.15) is 12.7 Å². The lowest BCUT2D eigenvalue weighted by molar-refractivity contribution is -0.153. The average Bonchev–Trinajstić information content (AvgIpc) is 2.92. The Morgan fingerprint density at radius 1 is 1.15 bits per heavy atom. The largest absolute Gasteiger partial charge is 0.547 e. The second kappa shape index (κ2) is 12.0. The van der Waals surface area contributed by atoms with E-state index >= 15 is 0 Å². The normalized spacial score (nSPS) is 21.1. The monoisotopic (exact) mass is 594 g/mol. The third-order valence-corrected chi connectivity index (χ3v) is 8.59. The Kier molecular flexibility index (Phi) is 8.86. The lowest BCUT2D eigenvalue weighted by Crippen LogP contribution is -2.63. The first-order valence-electron chi connectivity index (χ1n) is 13.0. The van der Waals surface area contributed by atoms with Crippen LogP contribution < -0.4 is 20.4 Å². The Bertz CT molecular complexity index is 1350. The first-order valence-corrected chi connectivity index (χ1v) is 14.5. The number of aromatic carboxylic acids is 1. The first-order chi connectivity index (χ1) is 19.3. The minimum absolute atomic E-state index is 0.0137. The van der Waals surface area contributed by atoms with Gasteiger partial charge in [0, 0.05) is 32.7 Å². The van der Waals surface area contributed by atoms with Gasteiger partial charge < -0.3 is 30.3 Å². The number of imide groups is 1. The van der Waals surface area contributed by atoms with E-state index in [2.05, 4.69) is 10.6 Å². The molecule has 3 heterocycles. The molecule has 4 rings (SSSR count). The molecule has 2 fully saturated rings. The minimum Gasteiger partial charge on any atom is -0.534 e. The molecular weight excluding hydrogens is 563 g/mol. The summed E-state index contributed by atoms with van der Waals surface area (Å²) < 4.78 is 30.0. The number of carbonyl (C=O) groups is 5. The number of benzene rings is 1. The fraction of sp³-hybridized carbons (Fsp3) is 0.522. The third-order valence-electron chi connectivity index (χ3n) is 7.50. The molecule has 16 nitrogen and oxygen atoms in total. The molecule has 5 amide bonds. The van der Waals surface area contributed by atoms with Gasteiger partial charge in [0.2, 0.25) is 5.91 Å². The number of urea groups is 1. The van der Waals surface area contributed by atoms with Crippen LogP contribution in [0.5, 0.6) is 5.75 Å². The number of nitrogens with two attached hydrogens (primary N) is 1. The number of piperidine rings is 1. The van der Waals surface area contributed by atoms with Crippen molar-refractivity contribution in [1.82, 2.24) is 24.7 Å². The van der Waals surface area contributed by atoms with Crippen molar-refractivity contribution >= 4 is 47.0 Å². The van der Waals surface area contributed by atoms with Gasteiger partial charge in [-0.25, -0.2) is 14.7 Å². The van der Waals surface area contributed by atoms with E-state index in [0.29, 0.717) is 5.56 Å². The molecule has 0 bridgehead atoms. The molecular formula is C23H31BN6O10S. The van der Waals surface area contributed by atoms with Crippen molar-refractivity contribution in [3.05, 3.63) is 29.3 Å². The van der Waals surface area contributed by atoms with Crippen LogP contribution in [0.1, 0.15) is 35.7 Å². The molecule has 2 atom stereocenters. The fourth-order valence-corrected chi connectivity index (χ4v) is 5.95. The summed E-state index contributed by atoms with van der Waals surface area (Å²) in [4.78, 5) is 65.1. The first kappa shape index (κ1) is 30.2. The number of amides is 5. The van der Waals surface area contributed by atoms with Gasteiger partial charge in [-0.3, -0.25) is 19.3 Å². The number of fused-ring (bicyclic) bond motifs is 1. The molecule has 0 saturated carbocycles. The number of carboxylic acids is 1. The second-order valence-electron chi connectivity index (χ2n) is 9.98. The van der Waals surface area contributed by atoms with E-state index in [1.165, 1.54) is 17.0 Å². The van der Waals surface area contributed by atoms with Crippen LogP contribution in [-0.4, -0.2) is 114 Å². The highest BCUT2D eigenvalue weighted by Gasteiger charge is 2.43. The van der Waals surface area contributed by atoms with E-state index in [4.69, 9.17) is 9.79 Å². The zero-order chi connectivity index (χ0) is 30.1. The number of para-hydroxylation sites is 1. The molecule has 3 aliphatic heterocycles. The van der Waals surface area contributed by atoms with E-state index < -0.39 is 65.0 Å². The van der Waals surface area contributed by atoms with Crippen LogP contribution in [0.2, 0.25) is 0 Å². The number of hydrogen-bond acceptors (Lipinski definition) is 9. The Balaban J connectivity index is 1.53. The SMILES string of the molecule is CCN1CCN(C(=O)NC(C(=O)N[C@H]2Cc3cccc(C(=O)O)c3OB2O)C2CCN(S(N)(=O)=O)CC2)C(=O)C1=O. The van der Waals surface area contributed by atoms with Crippen LogP contribution in [0.4, 0.5) is 4.79 Å². The third kappa shape index (κ3) is 6.45. The van der Waals surface area contributed by atoms with Crippen LogP contribution in [-0.2, 0) is 31.0 Å². The predicted molar refractivity (Wildman–Crippen MR) is 141 cm³/mol. The number of carboxylic acid groups (broad SMARTS) is 1. The highest BCUT2D eigenvalue weighted by molar-refractivity contribution is 7.86. The van der Waals surface area contributed by atoms with Crippen LogP contribution in [0, 0.1) is 5.92 Å². The summed E-state index contributed by atoms with van der Waals surface area (Å²) >= 11 is 0. The molecule has 0 aliphatic carbocycles. The standard InChI is InChI=1S/C23H31BN6O10S/c1-2-28-10-11-30(21(33)20(28)32)23(36)27-17(13-6-8-29(9-7-13)41(25,38)39)19(31)26-16-12-14-4-3-5-15(22(34)35)18(14)40-24(16)37/h3-5,13,16-17,37H,2,6-12H2,1H3,(H,26,31)(H,27,36)(H,34,35)(H2,25,38,39)/t16-,17?/m0/s1. The zero-order valence-electron chi connectivity index (χ0n) is 22.2. The highest BCUT2D eigenvalue weighted by Crippen LogP contribution is 2.30. The minimum atomic E-state index is -3.97. The Morgan fingerprint density at radius 2 is 1.83 bits per heavy atom. The molecule has 6 N–H and O–H groups in total. The van der Waals surface area contributed by atoms with E-state index in [0.717, 1.165) is 9.21 Å². The molecule has 1 aromatic rings. The summed E-state index contributed by atoms with van der Waals surface area (Å²) in [7, 11) is -5.58. The van der Waals surface area contributed by atoms with E-state index in [1.807, 2.05) is 0 Å². The van der Waals surface area contributed by atoms with Crippen LogP contribution >= 0.6 is 0 Å². The summed E-state index contributed by atoms with van der Waals surface area (Å²) in [6.07, 6.45) is 0.291. The maximum Gasteiger partial charge on any atom is 0.547 e. The number of piperazine rings is 1. The van der Waals surface area contributed by atoms with Crippen LogP contribution in [0.3, 0.4) is 0 Å². The van der Waals surface area contributed by atoms with Crippen molar-refractivity contribution < 1.29 is 47.2 Å². The molecule has 3 aliphatic rings. The van der Waals surface area contributed by atoms with Gasteiger partial charge in [0.25, 0.3) is 10.2 Å². The number of carbonyl (C=O) groups excluding carboxylic acids is 4. The number of hydrogen-bond donors (Lipinski definition) is 5. The van der Waals surface area contributed by atoms with Gasteiger partial charge in [0.1, 0.15) is 11.8 Å². The maximum atomic E-state index is 13.6. The Morgan fingerprint density at radius 3 is 2.44 bits per heavy atom. The molecule has 18 heteroatoms. The molecule has 222 valence electrons. The average molecular weight is 594 g/mol. The van der Waals surface area contributed by atoms with Crippen molar-refractivity contribution in [3.8, 4) is 5.75 Å². The molecule has 2 saturated heterocycles. The Labute approximate surface area is 236 Å². The quantitative estimate of drug-likeness (QED) is 0.165. The van der Waals surface area contributed by atoms with Crippen molar-refractivity contribution in [2.75, 3.05) is 32.7 Å². The molecule has 0 aromatic heterocycles. The lowest BCUT2D eigenvalue weighted by atomic mass is 9.72. The van der Waals surface area contributed by atoms with Gasteiger partial charge in [-0.15, -0.1) is 0 Å². The predicted octanol–water partition coefficient (Wildman–Crippen LogP) is -2.49. The van der Waals surface area contributed by atoms with Gasteiger partial charge >= 0.3 is 30.9 Å². The molecule has 0 radical (unpaired) electrons. The van der Waals surface area contributed by atoms with E-state index in [-0.39, 0.29) is 63.3 Å². The topological polar surface area (TPSA) is 229 Å². The molecule has 0 spiro atoms. The second-order valence-corrected chi connectivity index (χ2v) is 11.5. The zero-order valence-corrected chi connectivity index (χ0v) is 23.0. The number of rotatable bonds is 7. The summed E-state index contributed by atoms with van der Waals surface area (Å²) in [6, 6.07) is 2.16. The number of nitrogens with zero attached hydrogens (tertiary/aromatic N) is 3. The van der Waals surface area contributed by atoms with Crippen LogP contribution in [0.25, 0.3) is 0 Å². The van der Waals surface area contributed by atoms with Crippen molar-refractivity contribution in [2.45, 2.75) is 38.2 Å². The van der Waals surface area contributed by atoms with Crippen molar-refractivity contribution in [2.24, 2.45) is 11.1 Å². The van der Waals surface area contributed by atoms with Crippen molar-refractivity contribution in [1.29, 1.82) is 0 Å².